The van der Waals surface area contributed by atoms with Gasteiger partial charge in [0.2, 0.25) is 5.91 Å². The standard InChI is InChI=1S/C16H22N2O3/c19-15(7-6-14-4-2-1-3-5-14)18-12-10-17(11-13-18)9-8-16(20)21/h1-5H,6-13H2,(H,20,21). The summed E-state index contributed by atoms with van der Waals surface area (Å²) in [5.41, 5.74) is 1.19. The third-order valence-corrected chi connectivity index (χ3v) is 3.84. The average Bonchev–Trinajstić information content (AvgIpc) is 2.52. The van der Waals surface area contributed by atoms with Gasteiger partial charge in [-0.3, -0.25) is 14.5 Å². The Bertz CT molecular complexity index is 468. The third kappa shape index (κ3) is 5.19. The highest BCUT2D eigenvalue weighted by Gasteiger charge is 2.20. The molecule has 1 aliphatic rings. The summed E-state index contributed by atoms with van der Waals surface area (Å²) in [5, 5.41) is 8.67. The molecule has 2 rings (SSSR count). The van der Waals surface area contributed by atoms with E-state index >= 15 is 0 Å². The second kappa shape index (κ2) is 7.78. The van der Waals surface area contributed by atoms with Crippen LogP contribution in [0.25, 0.3) is 0 Å². The summed E-state index contributed by atoms with van der Waals surface area (Å²) < 4.78 is 0. The zero-order valence-electron chi connectivity index (χ0n) is 12.2. The van der Waals surface area contributed by atoms with Crippen molar-refractivity contribution >= 4 is 11.9 Å². The number of carboxylic acids is 1. The van der Waals surface area contributed by atoms with Crippen molar-refractivity contribution < 1.29 is 14.7 Å². The van der Waals surface area contributed by atoms with Crippen LogP contribution in [-0.2, 0) is 16.0 Å². The lowest BCUT2D eigenvalue weighted by atomic mass is 10.1. The molecule has 1 fully saturated rings. The number of carbonyl (C=O) groups is 2. The first-order valence-corrected chi connectivity index (χ1v) is 7.41. The molecule has 1 aromatic rings. The molecule has 1 saturated heterocycles. The van der Waals surface area contributed by atoms with Crippen molar-refractivity contribution in [2.75, 3.05) is 32.7 Å². The van der Waals surface area contributed by atoms with Gasteiger partial charge < -0.3 is 10.0 Å². The van der Waals surface area contributed by atoms with Gasteiger partial charge in [-0.15, -0.1) is 0 Å². The molecule has 5 nitrogen and oxygen atoms in total. The smallest absolute Gasteiger partial charge is 0.304 e. The van der Waals surface area contributed by atoms with Crippen LogP contribution in [0, 0.1) is 0 Å². The topological polar surface area (TPSA) is 60.9 Å². The number of carbonyl (C=O) groups excluding carboxylic acids is 1. The average molecular weight is 290 g/mol. The van der Waals surface area contributed by atoms with Crippen molar-refractivity contribution in [2.45, 2.75) is 19.3 Å². The van der Waals surface area contributed by atoms with E-state index in [0.29, 0.717) is 26.1 Å². The van der Waals surface area contributed by atoms with Gasteiger partial charge in [0.1, 0.15) is 0 Å². The van der Waals surface area contributed by atoms with Gasteiger partial charge in [0.25, 0.3) is 0 Å². The summed E-state index contributed by atoms with van der Waals surface area (Å²) in [4.78, 5) is 26.7. The van der Waals surface area contributed by atoms with Crippen molar-refractivity contribution in [2.24, 2.45) is 0 Å². The zero-order chi connectivity index (χ0) is 15.1. The second-order valence-electron chi connectivity index (χ2n) is 5.35. The molecular weight excluding hydrogens is 268 g/mol. The number of amides is 1. The molecule has 0 atom stereocenters. The van der Waals surface area contributed by atoms with Gasteiger partial charge in [0, 0.05) is 39.1 Å². The number of hydrogen-bond acceptors (Lipinski definition) is 3. The summed E-state index contributed by atoms with van der Waals surface area (Å²) in [7, 11) is 0. The Morgan fingerprint density at radius 2 is 1.67 bits per heavy atom. The molecule has 114 valence electrons. The lowest BCUT2D eigenvalue weighted by molar-refractivity contribution is -0.138. The van der Waals surface area contributed by atoms with E-state index in [9.17, 15) is 9.59 Å². The highest BCUT2D eigenvalue weighted by Crippen LogP contribution is 2.08. The number of piperazine rings is 1. The minimum atomic E-state index is -0.767. The van der Waals surface area contributed by atoms with Crippen LogP contribution in [0.2, 0.25) is 0 Å². The fourth-order valence-corrected chi connectivity index (χ4v) is 2.53. The van der Waals surface area contributed by atoms with Crippen LogP contribution in [0.3, 0.4) is 0 Å². The number of aliphatic carboxylic acids is 1. The summed E-state index contributed by atoms with van der Waals surface area (Å²) in [6.45, 7) is 3.51. The monoisotopic (exact) mass is 290 g/mol. The molecule has 0 unspecified atom stereocenters. The summed E-state index contributed by atoms with van der Waals surface area (Å²) in [5.74, 6) is -0.576. The number of hydrogen-bond donors (Lipinski definition) is 1. The Balaban J connectivity index is 1.69. The first-order valence-electron chi connectivity index (χ1n) is 7.41. The quantitative estimate of drug-likeness (QED) is 0.856. The van der Waals surface area contributed by atoms with Crippen LogP contribution in [0.15, 0.2) is 30.3 Å². The van der Waals surface area contributed by atoms with E-state index in [-0.39, 0.29) is 12.3 Å². The van der Waals surface area contributed by atoms with E-state index in [4.69, 9.17) is 5.11 Å². The molecule has 0 spiro atoms. The van der Waals surface area contributed by atoms with Gasteiger partial charge in [0.05, 0.1) is 6.42 Å². The number of nitrogens with zero attached hydrogens (tertiary/aromatic N) is 2. The van der Waals surface area contributed by atoms with Crippen molar-refractivity contribution in [3.63, 3.8) is 0 Å². The summed E-state index contributed by atoms with van der Waals surface area (Å²) >= 11 is 0. The molecule has 0 aromatic heterocycles. The van der Waals surface area contributed by atoms with E-state index in [1.165, 1.54) is 5.56 Å². The van der Waals surface area contributed by atoms with Crippen molar-refractivity contribution in [1.29, 1.82) is 0 Å². The SMILES string of the molecule is O=C(O)CCN1CCN(C(=O)CCc2ccccc2)CC1. The van der Waals surface area contributed by atoms with Crippen molar-refractivity contribution in [1.82, 2.24) is 9.80 Å². The van der Waals surface area contributed by atoms with Gasteiger partial charge in [-0.05, 0) is 12.0 Å². The number of rotatable bonds is 6. The molecule has 0 saturated carbocycles. The fourth-order valence-electron chi connectivity index (χ4n) is 2.53. The summed E-state index contributed by atoms with van der Waals surface area (Å²) in [6.07, 6.45) is 1.49. The van der Waals surface area contributed by atoms with Crippen LogP contribution >= 0.6 is 0 Å². The fraction of sp³-hybridized carbons (Fsp3) is 0.500. The first kappa shape index (κ1) is 15.5. The zero-order valence-corrected chi connectivity index (χ0v) is 12.2. The Morgan fingerprint density at radius 3 is 2.29 bits per heavy atom. The third-order valence-electron chi connectivity index (χ3n) is 3.84. The van der Waals surface area contributed by atoms with Crippen LogP contribution in [-0.4, -0.2) is 59.5 Å². The Morgan fingerprint density at radius 1 is 1.00 bits per heavy atom. The molecular formula is C16H22N2O3. The van der Waals surface area contributed by atoms with Gasteiger partial charge in [-0.2, -0.15) is 0 Å². The molecule has 1 aromatic carbocycles. The van der Waals surface area contributed by atoms with E-state index in [0.717, 1.165) is 19.5 Å². The van der Waals surface area contributed by atoms with Crippen molar-refractivity contribution in [3.8, 4) is 0 Å². The van der Waals surface area contributed by atoms with Gasteiger partial charge >= 0.3 is 5.97 Å². The Kier molecular flexibility index (Phi) is 5.75. The van der Waals surface area contributed by atoms with Gasteiger partial charge in [0.15, 0.2) is 0 Å². The van der Waals surface area contributed by atoms with Crippen LogP contribution < -0.4 is 0 Å². The van der Waals surface area contributed by atoms with Crippen molar-refractivity contribution in [3.05, 3.63) is 35.9 Å². The molecule has 5 heteroatoms. The van der Waals surface area contributed by atoms with Crippen LogP contribution in [0.5, 0.6) is 0 Å². The van der Waals surface area contributed by atoms with E-state index < -0.39 is 5.97 Å². The number of carboxylic acid groups (broad SMARTS) is 1. The molecule has 0 aliphatic carbocycles. The van der Waals surface area contributed by atoms with Gasteiger partial charge in [-0.25, -0.2) is 0 Å². The Labute approximate surface area is 125 Å². The minimum absolute atomic E-state index is 0.169. The normalized spacial score (nSPS) is 15.9. The summed E-state index contributed by atoms with van der Waals surface area (Å²) in [6, 6.07) is 10.0. The highest BCUT2D eigenvalue weighted by molar-refractivity contribution is 5.76. The maximum Gasteiger partial charge on any atom is 0.304 e. The van der Waals surface area contributed by atoms with Crippen LogP contribution in [0.1, 0.15) is 18.4 Å². The highest BCUT2D eigenvalue weighted by atomic mass is 16.4. The Hall–Kier alpha value is -1.88. The van der Waals surface area contributed by atoms with E-state index in [2.05, 4.69) is 4.90 Å². The molecule has 21 heavy (non-hydrogen) atoms. The van der Waals surface area contributed by atoms with E-state index in [1.54, 1.807) is 0 Å². The van der Waals surface area contributed by atoms with Crippen LogP contribution in [0.4, 0.5) is 0 Å². The van der Waals surface area contributed by atoms with Gasteiger partial charge in [-0.1, -0.05) is 30.3 Å². The van der Waals surface area contributed by atoms with E-state index in [1.807, 2.05) is 35.2 Å². The molecule has 0 bridgehead atoms. The predicted molar refractivity (Wildman–Crippen MR) is 80.0 cm³/mol. The lowest BCUT2D eigenvalue weighted by Gasteiger charge is -2.34. The maximum absolute atomic E-state index is 12.2. The minimum Gasteiger partial charge on any atom is -0.481 e. The number of benzene rings is 1. The molecule has 1 N–H and O–H groups in total. The molecule has 1 amide bonds. The molecule has 1 heterocycles. The molecule has 1 aliphatic heterocycles. The maximum atomic E-state index is 12.2. The second-order valence-corrected chi connectivity index (χ2v) is 5.35. The number of aryl methyl sites for hydroxylation is 1. The first-order chi connectivity index (χ1) is 10.1. The molecule has 0 radical (unpaired) electrons. The lowest BCUT2D eigenvalue weighted by Crippen LogP contribution is -2.49. The largest absolute Gasteiger partial charge is 0.481 e. The predicted octanol–water partition coefficient (Wildman–Crippen LogP) is 1.24.